The molecule has 6 heavy (non-hydrogen) atoms. The Morgan fingerprint density at radius 2 is 2.33 bits per heavy atom. The Bertz CT molecular complexity index is 19.5. The monoisotopic (exact) mass is 153 g/mol. The lowest BCUT2D eigenvalue weighted by atomic mass is 13.9. The second-order valence-corrected chi connectivity index (χ2v) is 9.87. The van der Waals surface area contributed by atoms with Crippen molar-refractivity contribution in [1.82, 2.24) is 4.65 Å². The number of nitrogens with one attached hydrogen (secondary N) is 1. The molecule has 0 aromatic heterocycles. The van der Waals surface area contributed by atoms with Gasteiger partial charge in [0.25, 0.3) is 0 Å². The Labute approximate surface area is 48.7 Å². The van der Waals surface area contributed by atoms with Crippen molar-refractivity contribution in [2.24, 2.45) is 0 Å². The summed E-state index contributed by atoms with van der Waals surface area (Å²) in [6.45, 7) is 0. The quantitative estimate of drug-likeness (QED) is 0.325. The van der Waals surface area contributed by atoms with Crippen molar-refractivity contribution in [1.29, 1.82) is 0 Å². The van der Waals surface area contributed by atoms with Crippen LogP contribution in [0.2, 0.25) is 0 Å². The van der Waals surface area contributed by atoms with Gasteiger partial charge in [0.1, 0.15) is 19.8 Å². The molecule has 0 amide bonds. The van der Waals surface area contributed by atoms with Crippen LogP contribution in [0.4, 0.5) is 0 Å². The molecule has 0 aromatic rings. The molecule has 0 fully saturated rings. The average molecular weight is 153 g/mol. The van der Waals surface area contributed by atoms with Gasteiger partial charge in [0.2, 0.25) is 0 Å². The molecule has 0 aliphatic carbocycles. The van der Waals surface area contributed by atoms with Crippen molar-refractivity contribution < 1.29 is 4.12 Å². The molecular formula is H11NOSi4. The van der Waals surface area contributed by atoms with Crippen LogP contribution < -0.4 is 4.65 Å². The standard InChI is InChI=1S/H11NOSi4/c3-1-5-6-2-4/h1H,5-6H2,3-4H3. The van der Waals surface area contributed by atoms with E-state index in [4.69, 9.17) is 4.12 Å². The van der Waals surface area contributed by atoms with E-state index < -0.39 is 0 Å². The van der Waals surface area contributed by atoms with Gasteiger partial charge >= 0.3 is 0 Å². The van der Waals surface area contributed by atoms with Crippen LogP contribution in [0.3, 0.4) is 0 Å². The molecule has 0 atom stereocenters. The minimum absolute atomic E-state index is 0.0459. The fourth-order valence-corrected chi connectivity index (χ4v) is 5.51. The predicted octanol–water partition coefficient (Wildman–Crippen LogP) is -4.76. The maximum Gasteiger partial charge on any atom is 0.143 e. The predicted molar refractivity (Wildman–Crippen MR) is 41.2 cm³/mol. The van der Waals surface area contributed by atoms with E-state index in [-0.39, 0.29) is 18.5 Å². The molecule has 2 nitrogen and oxygen atoms in total. The molecule has 0 saturated carbocycles. The van der Waals surface area contributed by atoms with Crippen LogP contribution in [0.1, 0.15) is 0 Å². The van der Waals surface area contributed by atoms with E-state index in [9.17, 15) is 0 Å². The Balaban J connectivity index is 2.34. The Morgan fingerprint density at radius 1 is 1.67 bits per heavy atom. The van der Waals surface area contributed by atoms with Crippen molar-refractivity contribution >= 4 is 39.4 Å². The van der Waals surface area contributed by atoms with Crippen LogP contribution in [-0.4, -0.2) is 39.4 Å². The van der Waals surface area contributed by atoms with E-state index in [1.165, 1.54) is 10.4 Å². The third kappa shape index (κ3) is 4.79. The van der Waals surface area contributed by atoms with Crippen LogP contribution in [-0.2, 0) is 4.12 Å². The molecule has 0 spiro atoms. The van der Waals surface area contributed by atoms with E-state index in [0.29, 0.717) is 0 Å². The third-order valence-corrected chi connectivity index (χ3v) is 13.2. The zero-order chi connectivity index (χ0) is 4.83. The maximum atomic E-state index is 5.08. The van der Waals surface area contributed by atoms with Crippen molar-refractivity contribution in [2.75, 3.05) is 0 Å². The molecule has 0 unspecified atom stereocenters. The summed E-state index contributed by atoms with van der Waals surface area (Å²) in [6, 6.07) is 0. The molecule has 0 bridgehead atoms. The van der Waals surface area contributed by atoms with E-state index in [1.807, 2.05) is 0 Å². The van der Waals surface area contributed by atoms with Gasteiger partial charge in [-0.2, -0.15) is 0 Å². The lowest BCUT2D eigenvalue weighted by molar-refractivity contribution is 0.681. The van der Waals surface area contributed by atoms with Gasteiger partial charge in [0.05, 0.1) is 19.6 Å². The highest BCUT2D eigenvalue weighted by atomic mass is 29.2. The van der Waals surface area contributed by atoms with Crippen LogP contribution in [0.15, 0.2) is 0 Å². The number of hydrogen-bond acceptors (Lipinski definition) is 2. The van der Waals surface area contributed by atoms with Crippen LogP contribution in [0, 0.1) is 0 Å². The minimum atomic E-state index is 0.0459. The van der Waals surface area contributed by atoms with Crippen molar-refractivity contribution in [3.05, 3.63) is 0 Å². The largest absolute Gasteiger partial charge is 0.469 e. The topological polar surface area (TPSA) is 21.3 Å². The van der Waals surface area contributed by atoms with Crippen molar-refractivity contribution in [2.45, 2.75) is 0 Å². The molecule has 0 heterocycles. The highest BCUT2D eigenvalue weighted by molar-refractivity contribution is 6.98. The first kappa shape index (κ1) is 6.79. The second kappa shape index (κ2) is 5.79. The molecule has 0 radical (unpaired) electrons. The second-order valence-electron chi connectivity index (χ2n) is 1.10. The fraction of sp³-hybridized carbons (Fsp3) is 0. The molecule has 0 aliphatic rings. The van der Waals surface area contributed by atoms with E-state index in [0.717, 1.165) is 10.5 Å². The van der Waals surface area contributed by atoms with Crippen LogP contribution >= 0.6 is 0 Å². The summed E-state index contributed by atoms with van der Waals surface area (Å²) in [6.07, 6.45) is 0. The normalized spacial score (nSPS) is 14.0. The third-order valence-electron chi connectivity index (χ3n) is 0.556. The van der Waals surface area contributed by atoms with Crippen LogP contribution in [0.25, 0.3) is 0 Å². The summed E-state index contributed by atoms with van der Waals surface area (Å²) >= 11 is 0. The van der Waals surface area contributed by atoms with Gasteiger partial charge < -0.3 is 8.76 Å². The zero-order valence-electron chi connectivity index (χ0n) is 4.32. The molecular weight excluding hydrogens is 142 g/mol. The lowest BCUT2D eigenvalue weighted by Gasteiger charge is -1.90. The minimum Gasteiger partial charge on any atom is -0.469 e. The highest BCUT2D eigenvalue weighted by Gasteiger charge is 1.76. The Hall–Kier alpha value is 0.788. The van der Waals surface area contributed by atoms with Crippen molar-refractivity contribution in [3.63, 3.8) is 0 Å². The summed E-state index contributed by atoms with van der Waals surface area (Å²) in [5.74, 6) is 0. The SMILES string of the molecule is [SiH3]N[SiH2][SiH2]O[SiH3]. The Morgan fingerprint density at radius 3 is 2.50 bits per heavy atom. The van der Waals surface area contributed by atoms with Crippen molar-refractivity contribution in [3.8, 4) is 0 Å². The van der Waals surface area contributed by atoms with Gasteiger partial charge in [-0.25, -0.2) is 0 Å². The Kier molecular flexibility index (Phi) is 6.55. The summed E-state index contributed by atoms with van der Waals surface area (Å²) in [4.78, 5) is 0. The summed E-state index contributed by atoms with van der Waals surface area (Å²) < 4.78 is 8.39. The first-order chi connectivity index (χ1) is 2.91. The number of rotatable bonds is 3. The van der Waals surface area contributed by atoms with Gasteiger partial charge in [0, 0.05) is 0 Å². The zero-order valence-corrected chi connectivity index (χ0v) is 11.2. The van der Waals surface area contributed by atoms with Gasteiger partial charge in [-0.15, -0.1) is 0 Å². The summed E-state index contributed by atoms with van der Waals surface area (Å²) in [5.41, 5.74) is 0. The smallest absolute Gasteiger partial charge is 0.143 e. The van der Waals surface area contributed by atoms with Crippen LogP contribution in [0.5, 0.6) is 0 Å². The molecule has 1 N–H and O–H groups in total. The number of hydrogen-bond donors (Lipinski definition) is 1. The van der Waals surface area contributed by atoms with Gasteiger partial charge in [0.15, 0.2) is 0 Å². The molecule has 38 valence electrons. The molecule has 0 aromatic carbocycles. The molecule has 6 heteroatoms. The summed E-state index contributed by atoms with van der Waals surface area (Å²) in [7, 11) is 2.39. The van der Waals surface area contributed by atoms with E-state index >= 15 is 0 Å². The first-order valence-electron chi connectivity index (χ1n) is 2.05. The summed E-state index contributed by atoms with van der Waals surface area (Å²) in [5, 5.41) is 0. The first-order valence-corrected chi connectivity index (χ1v) is 9.15. The molecule has 0 rings (SSSR count). The fourth-order valence-electron chi connectivity index (χ4n) is 0.204. The van der Waals surface area contributed by atoms with Gasteiger partial charge in [-0.3, -0.25) is 0 Å². The highest BCUT2D eigenvalue weighted by Crippen LogP contribution is 1.46. The maximum absolute atomic E-state index is 5.08. The van der Waals surface area contributed by atoms with E-state index in [1.54, 1.807) is 0 Å². The molecule has 0 saturated heterocycles. The van der Waals surface area contributed by atoms with Gasteiger partial charge in [-0.1, -0.05) is 0 Å². The van der Waals surface area contributed by atoms with E-state index in [2.05, 4.69) is 4.65 Å². The lowest BCUT2D eigenvalue weighted by Crippen LogP contribution is -2.22. The van der Waals surface area contributed by atoms with Gasteiger partial charge in [-0.05, 0) is 0 Å². The average Bonchev–Trinajstić information content (AvgIpc) is 1.61. The molecule has 0 aliphatic heterocycles.